The largest absolute Gasteiger partial charge is 0.469 e. The van der Waals surface area contributed by atoms with E-state index >= 15 is 0 Å². The fourth-order valence-corrected chi connectivity index (χ4v) is 2.76. The van der Waals surface area contributed by atoms with Gasteiger partial charge in [0, 0.05) is 6.42 Å². The van der Waals surface area contributed by atoms with Gasteiger partial charge in [-0.15, -0.1) is 0 Å². The number of hydrogen-bond acceptors (Lipinski definition) is 4. The quantitative estimate of drug-likeness (QED) is 0.326. The van der Waals surface area contributed by atoms with Crippen LogP contribution >= 0.6 is 0 Å². The van der Waals surface area contributed by atoms with E-state index in [1.165, 1.54) is 20.0 Å². The smallest absolute Gasteiger partial charge is 0.305 e. The van der Waals surface area contributed by atoms with E-state index in [4.69, 9.17) is 0 Å². The number of unbranched alkanes of at least 4 members (excludes halogenated alkanes) is 7. The first-order chi connectivity index (χ1) is 11.1. The van der Waals surface area contributed by atoms with Crippen molar-refractivity contribution < 1.29 is 19.7 Å². The van der Waals surface area contributed by atoms with Crippen LogP contribution in [0.25, 0.3) is 0 Å². The van der Waals surface area contributed by atoms with Gasteiger partial charge >= 0.3 is 5.97 Å². The van der Waals surface area contributed by atoms with Crippen LogP contribution in [-0.4, -0.2) is 35.5 Å². The summed E-state index contributed by atoms with van der Waals surface area (Å²) in [6.07, 6.45) is 13.1. The molecule has 0 aliphatic rings. The number of ether oxygens (including phenoxy) is 1. The van der Waals surface area contributed by atoms with Crippen molar-refractivity contribution in [1.29, 1.82) is 0 Å². The summed E-state index contributed by atoms with van der Waals surface area (Å²) in [7, 11) is 1.43. The third-order valence-corrected chi connectivity index (χ3v) is 4.37. The molecule has 0 aromatic heterocycles. The molecule has 2 N–H and O–H groups in total. The van der Waals surface area contributed by atoms with Crippen LogP contribution in [0.3, 0.4) is 0 Å². The number of aliphatic hydroxyl groups excluding tert-OH is 2. The van der Waals surface area contributed by atoms with Crippen molar-refractivity contribution in [3.05, 3.63) is 0 Å². The van der Waals surface area contributed by atoms with Crippen molar-refractivity contribution >= 4 is 5.97 Å². The van der Waals surface area contributed by atoms with Crippen molar-refractivity contribution in [2.75, 3.05) is 7.11 Å². The van der Waals surface area contributed by atoms with Gasteiger partial charge in [0.1, 0.15) is 0 Å². The molecule has 0 saturated carbocycles. The third-order valence-electron chi connectivity index (χ3n) is 4.37. The molecule has 2 unspecified atom stereocenters. The molecule has 138 valence electrons. The molecule has 23 heavy (non-hydrogen) atoms. The number of esters is 1. The second-order valence-electron chi connectivity index (χ2n) is 6.62. The predicted molar refractivity (Wildman–Crippen MR) is 94.3 cm³/mol. The summed E-state index contributed by atoms with van der Waals surface area (Å²) < 4.78 is 4.60. The van der Waals surface area contributed by atoms with E-state index in [2.05, 4.69) is 11.7 Å². The van der Waals surface area contributed by atoms with Gasteiger partial charge in [-0.2, -0.15) is 0 Å². The Hall–Kier alpha value is -0.610. The zero-order valence-electron chi connectivity index (χ0n) is 15.3. The number of carbonyl (C=O) groups excluding carboxylic acids is 1. The van der Waals surface area contributed by atoms with Gasteiger partial charge in [-0.25, -0.2) is 0 Å². The topological polar surface area (TPSA) is 66.8 Å². The fourth-order valence-electron chi connectivity index (χ4n) is 2.76. The summed E-state index contributed by atoms with van der Waals surface area (Å²) in [5.74, 6) is -0.120. The molecule has 0 fully saturated rings. The summed E-state index contributed by atoms with van der Waals surface area (Å²) in [5.41, 5.74) is 0. The van der Waals surface area contributed by atoms with Crippen LogP contribution in [0.5, 0.6) is 0 Å². The number of rotatable bonds is 16. The monoisotopic (exact) mass is 330 g/mol. The Kier molecular flexibility index (Phi) is 15.8. The zero-order valence-corrected chi connectivity index (χ0v) is 15.3. The van der Waals surface area contributed by atoms with Crippen molar-refractivity contribution in [2.45, 2.75) is 109 Å². The van der Waals surface area contributed by atoms with Gasteiger partial charge in [-0.05, 0) is 32.1 Å². The summed E-state index contributed by atoms with van der Waals surface area (Å²) in [6, 6.07) is 0. The van der Waals surface area contributed by atoms with Crippen LogP contribution in [0.2, 0.25) is 0 Å². The minimum Gasteiger partial charge on any atom is -0.469 e. The molecule has 0 radical (unpaired) electrons. The van der Waals surface area contributed by atoms with Gasteiger partial charge in [0.05, 0.1) is 19.3 Å². The number of methoxy groups -OCH3 is 1. The molecule has 0 aliphatic heterocycles. The Bertz CT molecular complexity index is 268. The molecule has 0 aromatic carbocycles. The maximum absolute atomic E-state index is 10.9. The molecule has 0 spiro atoms. The van der Waals surface area contributed by atoms with Gasteiger partial charge in [0.2, 0.25) is 0 Å². The van der Waals surface area contributed by atoms with Crippen molar-refractivity contribution in [3.8, 4) is 0 Å². The highest BCUT2D eigenvalue weighted by Gasteiger charge is 2.09. The highest BCUT2D eigenvalue weighted by Crippen LogP contribution is 2.14. The average Bonchev–Trinajstić information content (AvgIpc) is 2.55. The molecule has 0 heterocycles. The van der Waals surface area contributed by atoms with Crippen LogP contribution in [0, 0.1) is 0 Å². The van der Waals surface area contributed by atoms with Gasteiger partial charge in [0.25, 0.3) is 0 Å². The van der Waals surface area contributed by atoms with Crippen LogP contribution in [-0.2, 0) is 9.53 Å². The molecule has 0 rings (SSSR count). The molecular weight excluding hydrogens is 292 g/mol. The van der Waals surface area contributed by atoms with Gasteiger partial charge < -0.3 is 14.9 Å². The molecular formula is C19H38O4. The second kappa shape index (κ2) is 16.3. The van der Waals surface area contributed by atoms with Crippen molar-refractivity contribution in [3.63, 3.8) is 0 Å². The molecule has 0 saturated heterocycles. The van der Waals surface area contributed by atoms with Crippen LogP contribution < -0.4 is 0 Å². The molecule has 0 aliphatic carbocycles. The van der Waals surface area contributed by atoms with E-state index in [-0.39, 0.29) is 18.2 Å². The summed E-state index contributed by atoms with van der Waals surface area (Å²) in [6.45, 7) is 2.16. The highest BCUT2D eigenvalue weighted by molar-refractivity contribution is 5.68. The lowest BCUT2D eigenvalue weighted by atomic mass is 10.0. The van der Waals surface area contributed by atoms with Crippen LogP contribution in [0.15, 0.2) is 0 Å². The van der Waals surface area contributed by atoms with Crippen LogP contribution in [0.1, 0.15) is 96.8 Å². The van der Waals surface area contributed by atoms with E-state index in [1.54, 1.807) is 0 Å². The van der Waals surface area contributed by atoms with Gasteiger partial charge in [0.15, 0.2) is 0 Å². The average molecular weight is 331 g/mol. The fraction of sp³-hybridized carbons (Fsp3) is 0.947. The molecule has 0 amide bonds. The molecule has 4 nitrogen and oxygen atoms in total. The third kappa shape index (κ3) is 16.0. The minimum atomic E-state index is -0.268. The number of carbonyl (C=O) groups is 1. The van der Waals surface area contributed by atoms with E-state index in [9.17, 15) is 15.0 Å². The molecule has 4 heteroatoms. The first-order valence-electron chi connectivity index (χ1n) is 9.53. The summed E-state index contributed by atoms with van der Waals surface area (Å²) in [4.78, 5) is 10.9. The maximum atomic E-state index is 10.9. The summed E-state index contributed by atoms with van der Waals surface area (Å²) >= 11 is 0. The second-order valence-corrected chi connectivity index (χ2v) is 6.62. The van der Waals surface area contributed by atoms with E-state index < -0.39 is 0 Å². The first-order valence-corrected chi connectivity index (χ1v) is 9.53. The maximum Gasteiger partial charge on any atom is 0.305 e. The SMILES string of the molecule is CCCCCC(O)CCC(O)CCCCCCCCC(=O)OC. The van der Waals surface area contributed by atoms with Gasteiger partial charge in [-0.3, -0.25) is 4.79 Å². The lowest BCUT2D eigenvalue weighted by molar-refractivity contribution is -0.140. The lowest BCUT2D eigenvalue weighted by Crippen LogP contribution is -2.13. The zero-order chi connectivity index (χ0) is 17.3. The first kappa shape index (κ1) is 22.4. The molecule has 0 aromatic rings. The normalized spacial score (nSPS) is 13.7. The lowest BCUT2D eigenvalue weighted by Gasteiger charge is -2.14. The standard InChI is InChI=1S/C19H38O4/c1-3-4-9-12-17(20)15-16-18(21)13-10-7-5-6-8-11-14-19(22)23-2/h17-18,20-21H,3-16H2,1-2H3. The Morgan fingerprint density at radius 3 is 1.78 bits per heavy atom. The molecule has 2 atom stereocenters. The van der Waals surface area contributed by atoms with Crippen molar-refractivity contribution in [2.24, 2.45) is 0 Å². The predicted octanol–water partition coefficient (Wildman–Crippen LogP) is 4.36. The Morgan fingerprint density at radius 2 is 1.26 bits per heavy atom. The van der Waals surface area contributed by atoms with Gasteiger partial charge in [-0.1, -0.05) is 58.3 Å². The molecule has 0 bridgehead atoms. The Balaban J connectivity index is 3.33. The Labute approximate surface area is 142 Å². The highest BCUT2D eigenvalue weighted by atomic mass is 16.5. The Morgan fingerprint density at radius 1 is 0.783 bits per heavy atom. The van der Waals surface area contributed by atoms with Crippen molar-refractivity contribution in [1.82, 2.24) is 0 Å². The number of aliphatic hydroxyl groups is 2. The summed E-state index contributed by atoms with van der Waals surface area (Å²) in [5, 5.41) is 19.8. The van der Waals surface area contributed by atoms with Crippen LogP contribution in [0.4, 0.5) is 0 Å². The van der Waals surface area contributed by atoms with E-state index in [0.29, 0.717) is 12.8 Å². The number of hydrogen-bond donors (Lipinski definition) is 2. The van der Waals surface area contributed by atoms with E-state index in [0.717, 1.165) is 64.2 Å². The van der Waals surface area contributed by atoms with E-state index in [1.807, 2.05) is 0 Å². The minimum absolute atomic E-state index is 0.120.